The second-order valence-corrected chi connectivity index (χ2v) is 9.62. The first-order chi connectivity index (χ1) is 16.0. The van der Waals surface area contributed by atoms with E-state index in [2.05, 4.69) is 11.5 Å². The fourth-order valence-corrected chi connectivity index (χ4v) is 5.22. The van der Waals surface area contributed by atoms with Crippen LogP contribution in [0.5, 0.6) is 5.75 Å². The summed E-state index contributed by atoms with van der Waals surface area (Å²) in [6.45, 7) is 5.74. The van der Waals surface area contributed by atoms with Crippen molar-refractivity contribution in [2.45, 2.75) is 51.2 Å². The molecule has 2 aliphatic rings. The Hall–Kier alpha value is -2.50. The van der Waals surface area contributed by atoms with E-state index in [1.54, 1.807) is 24.3 Å². The van der Waals surface area contributed by atoms with Crippen LogP contribution in [-0.2, 0) is 13.0 Å². The minimum Gasteiger partial charge on any atom is -0.487 e. The summed E-state index contributed by atoms with van der Waals surface area (Å²) in [7, 11) is 0. The highest BCUT2D eigenvalue weighted by Crippen LogP contribution is 2.41. The van der Waals surface area contributed by atoms with Gasteiger partial charge in [-0.2, -0.15) is 0 Å². The zero-order chi connectivity index (χ0) is 23.4. The van der Waals surface area contributed by atoms with Crippen molar-refractivity contribution < 1.29 is 19.7 Å². The van der Waals surface area contributed by atoms with E-state index < -0.39 is 5.97 Å². The molecule has 2 aromatic rings. The number of ether oxygens (including phenoxy) is 1. The number of nitrogens with zero attached hydrogens (tertiary/aromatic N) is 1. The fraction of sp³-hybridized carbons (Fsp3) is 0.444. The van der Waals surface area contributed by atoms with E-state index in [1.165, 1.54) is 5.56 Å². The molecular formula is C27H32ClNO4. The first-order valence-corrected chi connectivity index (χ1v) is 12.2. The van der Waals surface area contributed by atoms with Crippen LogP contribution in [0.15, 0.2) is 49.1 Å². The number of fused-ring (bicyclic) bond motifs is 2. The van der Waals surface area contributed by atoms with Crippen LogP contribution in [0.3, 0.4) is 0 Å². The Kier molecular flexibility index (Phi) is 7.61. The Balaban J connectivity index is 1.63. The highest BCUT2D eigenvalue weighted by Gasteiger charge is 2.37. The lowest BCUT2D eigenvalue weighted by atomic mass is 9.69. The second kappa shape index (κ2) is 10.6. The molecule has 0 bridgehead atoms. The molecule has 1 aliphatic carbocycles. The predicted octanol–water partition coefficient (Wildman–Crippen LogP) is 5.72. The molecule has 0 spiro atoms. The molecule has 0 radical (unpaired) electrons. The van der Waals surface area contributed by atoms with Crippen LogP contribution < -0.4 is 9.64 Å². The van der Waals surface area contributed by atoms with Crippen molar-refractivity contribution in [2.75, 3.05) is 18.0 Å². The van der Waals surface area contributed by atoms with E-state index in [0.29, 0.717) is 24.7 Å². The van der Waals surface area contributed by atoms with Gasteiger partial charge in [-0.15, -0.1) is 6.58 Å². The number of aliphatic hydroxyl groups excluding tert-OH is 1. The van der Waals surface area contributed by atoms with Gasteiger partial charge in [0.25, 0.3) is 0 Å². The number of anilines is 1. The van der Waals surface area contributed by atoms with Crippen LogP contribution in [0.4, 0.5) is 5.69 Å². The molecule has 1 saturated carbocycles. The number of halogens is 1. The van der Waals surface area contributed by atoms with E-state index in [-0.39, 0.29) is 17.6 Å². The minimum atomic E-state index is -0.949. The van der Waals surface area contributed by atoms with Gasteiger partial charge in [-0.1, -0.05) is 23.7 Å². The summed E-state index contributed by atoms with van der Waals surface area (Å²) in [6, 6.07) is 11.0. The molecule has 6 heteroatoms. The molecule has 4 rings (SSSR count). The van der Waals surface area contributed by atoms with Crippen molar-refractivity contribution in [2.24, 2.45) is 11.8 Å². The maximum atomic E-state index is 11.7. The lowest BCUT2D eigenvalue weighted by Crippen LogP contribution is -2.43. The number of hydrogen-bond donors (Lipinski definition) is 2. The second-order valence-electron chi connectivity index (χ2n) is 9.19. The highest BCUT2D eigenvalue weighted by molar-refractivity contribution is 6.30. The van der Waals surface area contributed by atoms with Gasteiger partial charge in [-0.25, -0.2) is 4.79 Å². The topological polar surface area (TPSA) is 70.0 Å². The molecule has 5 nitrogen and oxygen atoms in total. The van der Waals surface area contributed by atoms with Gasteiger partial charge in [0.1, 0.15) is 12.4 Å². The van der Waals surface area contributed by atoms with E-state index in [1.807, 2.05) is 18.2 Å². The van der Waals surface area contributed by atoms with Gasteiger partial charge in [0, 0.05) is 18.1 Å². The lowest BCUT2D eigenvalue weighted by Gasteiger charge is -2.43. The van der Waals surface area contributed by atoms with Crippen LogP contribution in [0, 0.1) is 11.8 Å². The third-order valence-corrected chi connectivity index (χ3v) is 7.29. The van der Waals surface area contributed by atoms with Crippen molar-refractivity contribution in [3.8, 4) is 5.75 Å². The number of carbonyl (C=O) groups is 1. The van der Waals surface area contributed by atoms with Gasteiger partial charge < -0.3 is 19.8 Å². The molecule has 176 valence electrons. The molecule has 1 aliphatic heterocycles. The number of aliphatic hydroxyl groups is 1. The number of benzene rings is 2. The van der Waals surface area contributed by atoms with Gasteiger partial charge in [0.2, 0.25) is 0 Å². The summed E-state index contributed by atoms with van der Waals surface area (Å²) in [5.74, 6) is 0.349. The summed E-state index contributed by atoms with van der Waals surface area (Å²) < 4.78 is 6.26. The van der Waals surface area contributed by atoms with Gasteiger partial charge >= 0.3 is 5.97 Å². The summed E-state index contributed by atoms with van der Waals surface area (Å²) in [6.07, 6.45) is 6.99. The molecule has 1 fully saturated rings. The SMILES string of the molecule is C=CC[C@@H](O)[C@@H]1CC[C@H]1CN1CCCCc2cc(Cl)ccc2COc2ccc(C(=O)O)cc21. The molecule has 2 aromatic carbocycles. The van der Waals surface area contributed by atoms with Crippen molar-refractivity contribution in [3.63, 3.8) is 0 Å². The zero-order valence-electron chi connectivity index (χ0n) is 18.9. The average molecular weight is 470 g/mol. The van der Waals surface area contributed by atoms with Gasteiger partial charge in [-0.3, -0.25) is 0 Å². The minimum absolute atomic E-state index is 0.250. The molecule has 0 amide bonds. The maximum absolute atomic E-state index is 11.7. The van der Waals surface area contributed by atoms with E-state index in [0.717, 1.165) is 61.5 Å². The van der Waals surface area contributed by atoms with Crippen LogP contribution in [0.1, 0.15) is 53.6 Å². The summed E-state index contributed by atoms with van der Waals surface area (Å²) in [5.41, 5.74) is 3.37. The first kappa shape index (κ1) is 23.7. The van der Waals surface area contributed by atoms with E-state index in [9.17, 15) is 15.0 Å². The number of carboxylic acids is 1. The van der Waals surface area contributed by atoms with Crippen LogP contribution in [0.2, 0.25) is 5.02 Å². The lowest BCUT2D eigenvalue weighted by molar-refractivity contribution is 0.0181. The van der Waals surface area contributed by atoms with Crippen LogP contribution in [-0.4, -0.2) is 35.4 Å². The third-order valence-electron chi connectivity index (χ3n) is 7.06. The molecule has 33 heavy (non-hydrogen) atoms. The molecule has 3 atom stereocenters. The normalized spacial score (nSPS) is 21.5. The van der Waals surface area contributed by atoms with Crippen molar-refractivity contribution in [1.82, 2.24) is 0 Å². The molecule has 0 aromatic heterocycles. The molecule has 2 N–H and O–H groups in total. The zero-order valence-corrected chi connectivity index (χ0v) is 19.6. The van der Waals surface area contributed by atoms with E-state index >= 15 is 0 Å². The van der Waals surface area contributed by atoms with Crippen molar-refractivity contribution in [1.29, 1.82) is 0 Å². The maximum Gasteiger partial charge on any atom is 0.335 e. The molecule has 1 heterocycles. The molecule has 0 unspecified atom stereocenters. The van der Waals surface area contributed by atoms with Gasteiger partial charge in [-0.05, 0) is 91.8 Å². The van der Waals surface area contributed by atoms with Gasteiger partial charge in [0.15, 0.2) is 0 Å². The Morgan fingerprint density at radius 2 is 2.06 bits per heavy atom. The van der Waals surface area contributed by atoms with Crippen LogP contribution in [0.25, 0.3) is 0 Å². The summed E-state index contributed by atoms with van der Waals surface area (Å²) in [5, 5.41) is 20.8. The highest BCUT2D eigenvalue weighted by atomic mass is 35.5. The number of aromatic carboxylic acids is 1. The van der Waals surface area contributed by atoms with Crippen LogP contribution >= 0.6 is 11.6 Å². The predicted molar refractivity (Wildman–Crippen MR) is 131 cm³/mol. The standard InChI is InChI=1S/C27H32ClNO4/c1-2-5-25(30)23-11-8-20(23)16-29-13-4-3-6-18-14-22(28)10-7-21(18)17-33-26-12-9-19(27(31)32)15-24(26)29/h2,7,9-10,12,14-15,20,23,25,30H,1,3-6,8,11,13,16-17H2,(H,31,32)/t20-,23+,25+/m0/s1. The Morgan fingerprint density at radius 1 is 1.21 bits per heavy atom. The summed E-state index contributed by atoms with van der Waals surface area (Å²) >= 11 is 6.24. The third kappa shape index (κ3) is 5.53. The number of aryl methyl sites for hydroxylation is 1. The monoisotopic (exact) mass is 469 g/mol. The number of hydrogen-bond acceptors (Lipinski definition) is 4. The molecule has 0 saturated heterocycles. The Bertz CT molecular complexity index is 1010. The smallest absolute Gasteiger partial charge is 0.335 e. The van der Waals surface area contributed by atoms with Crippen molar-refractivity contribution in [3.05, 3.63) is 70.8 Å². The molecular weight excluding hydrogens is 438 g/mol. The summed E-state index contributed by atoms with van der Waals surface area (Å²) in [4.78, 5) is 14.0. The fourth-order valence-electron chi connectivity index (χ4n) is 5.03. The Morgan fingerprint density at radius 3 is 2.79 bits per heavy atom. The van der Waals surface area contributed by atoms with Gasteiger partial charge in [0.05, 0.1) is 17.4 Å². The largest absolute Gasteiger partial charge is 0.487 e. The first-order valence-electron chi connectivity index (χ1n) is 11.8. The van der Waals surface area contributed by atoms with Crippen molar-refractivity contribution >= 4 is 23.3 Å². The van der Waals surface area contributed by atoms with E-state index in [4.69, 9.17) is 16.3 Å². The number of carboxylic acid groups (broad SMARTS) is 1. The quantitative estimate of drug-likeness (QED) is 0.529. The Labute approximate surface area is 200 Å². The average Bonchev–Trinajstić information content (AvgIpc) is 2.80. The number of rotatable bonds is 6.